The summed E-state index contributed by atoms with van der Waals surface area (Å²) in [7, 11) is 0. The molecular formula is C9H16N2O3. The molecule has 1 aliphatic rings. The first-order chi connectivity index (χ1) is 6.63. The van der Waals surface area contributed by atoms with Crippen LogP contribution in [0.4, 0.5) is 0 Å². The summed E-state index contributed by atoms with van der Waals surface area (Å²) in [5, 5.41) is 11.6. The molecule has 0 radical (unpaired) electrons. The second-order valence-electron chi connectivity index (χ2n) is 3.96. The zero-order valence-electron chi connectivity index (χ0n) is 8.06. The number of hydrogen-bond acceptors (Lipinski definition) is 4. The summed E-state index contributed by atoms with van der Waals surface area (Å²) >= 11 is 0. The summed E-state index contributed by atoms with van der Waals surface area (Å²) in [5.41, 5.74) is 5.43. The van der Waals surface area contributed by atoms with Crippen LogP contribution in [0.3, 0.4) is 0 Å². The zero-order chi connectivity index (χ0) is 10.6. The number of rotatable bonds is 4. The van der Waals surface area contributed by atoms with E-state index in [1.165, 1.54) is 0 Å². The molecule has 1 atom stereocenters. The van der Waals surface area contributed by atoms with Crippen LogP contribution in [0.1, 0.15) is 32.1 Å². The van der Waals surface area contributed by atoms with Gasteiger partial charge in [-0.3, -0.25) is 4.79 Å². The maximum absolute atomic E-state index is 10.5. The van der Waals surface area contributed by atoms with E-state index >= 15 is 0 Å². The molecule has 1 fully saturated rings. The first kappa shape index (κ1) is 11.1. The van der Waals surface area contributed by atoms with Crippen molar-refractivity contribution in [2.45, 2.75) is 44.2 Å². The minimum atomic E-state index is -0.944. The highest BCUT2D eigenvalue weighted by molar-refractivity contribution is 5.73. The Bertz CT molecular complexity index is 212. The maximum Gasteiger partial charge on any atom is 0.320 e. The van der Waals surface area contributed by atoms with E-state index in [4.69, 9.17) is 10.8 Å². The number of carbonyl (C=O) groups is 1. The summed E-state index contributed by atoms with van der Waals surface area (Å²) in [6.45, 7) is 0. The quantitative estimate of drug-likeness (QED) is 0.665. The molecule has 0 aliphatic heterocycles. The van der Waals surface area contributed by atoms with Crippen LogP contribution < -0.4 is 5.73 Å². The molecule has 3 N–H and O–H groups in total. The lowest BCUT2D eigenvalue weighted by Crippen LogP contribution is -2.33. The molecule has 1 saturated carbocycles. The average molecular weight is 200 g/mol. The number of nitroso groups, excluding NO2 is 1. The van der Waals surface area contributed by atoms with Gasteiger partial charge in [0.05, 0.1) is 6.04 Å². The Morgan fingerprint density at radius 1 is 1.43 bits per heavy atom. The second kappa shape index (κ2) is 5.05. The molecule has 0 spiro atoms. The summed E-state index contributed by atoms with van der Waals surface area (Å²) in [6.07, 6.45) is 3.82. The van der Waals surface area contributed by atoms with E-state index in [-0.39, 0.29) is 6.04 Å². The molecular weight excluding hydrogens is 184 g/mol. The van der Waals surface area contributed by atoms with E-state index in [2.05, 4.69) is 5.18 Å². The highest BCUT2D eigenvalue weighted by atomic mass is 16.4. The predicted molar refractivity (Wildman–Crippen MR) is 51.8 cm³/mol. The Balaban J connectivity index is 2.28. The molecule has 1 rings (SSSR count). The van der Waals surface area contributed by atoms with Gasteiger partial charge in [0.25, 0.3) is 0 Å². The van der Waals surface area contributed by atoms with Crippen LogP contribution in [0, 0.1) is 10.8 Å². The fourth-order valence-electron chi connectivity index (χ4n) is 1.95. The molecule has 0 aromatic heterocycles. The van der Waals surface area contributed by atoms with E-state index < -0.39 is 12.0 Å². The number of carboxylic acids is 1. The standard InChI is InChI=1S/C9H16N2O3/c10-8(9(12)13)5-6-1-3-7(11-14)4-2-6/h6-8H,1-5,10H2,(H,12,13). The van der Waals surface area contributed by atoms with E-state index in [0.717, 1.165) is 25.7 Å². The smallest absolute Gasteiger partial charge is 0.320 e. The molecule has 80 valence electrons. The molecule has 0 bridgehead atoms. The lowest BCUT2D eigenvalue weighted by Gasteiger charge is -2.25. The SMILES string of the molecule is NC(CC1CCC(N=O)CC1)C(=O)O. The number of hydrogen-bond donors (Lipinski definition) is 2. The third-order valence-electron chi connectivity index (χ3n) is 2.87. The second-order valence-corrected chi connectivity index (χ2v) is 3.96. The normalized spacial score (nSPS) is 29.5. The number of nitrogens with zero attached hydrogens (tertiary/aromatic N) is 1. The van der Waals surface area contributed by atoms with Crippen LogP contribution in [0.15, 0.2) is 5.18 Å². The third kappa shape index (κ3) is 3.06. The molecule has 0 heterocycles. The van der Waals surface area contributed by atoms with Crippen LogP contribution >= 0.6 is 0 Å². The zero-order valence-corrected chi connectivity index (χ0v) is 8.06. The van der Waals surface area contributed by atoms with Gasteiger partial charge in [-0.05, 0) is 38.0 Å². The van der Waals surface area contributed by atoms with Crippen molar-refractivity contribution >= 4 is 5.97 Å². The highest BCUT2D eigenvalue weighted by Gasteiger charge is 2.25. The number of carboxylic acid groups (broad SMARTS) is 1. The number of nitrogens with two attached hydrogens (primary N) is 1. The molecule has 1 unspecified atom stereocenters. The minimum Gasteiger partial charge on any atom is -0.480 e. The van der Waals surface area contributed by atoms with Gasteiger partial charge in [0.15, 0.2) is 0 Å². The largest absolute Gasteiger partial charge is 0.480 e. The molecule has 5 heteroatoms. The van der Waals surface area contributed by atoms with Crippen molar-refractivity contribution in [3.63, 3.8) is 0 Å². The number of aliphatic carboxylic acids is 1. The third-order valence-corrected chi connectivity index (χ3v) is 2.87. The van der Waals surface area contributed by atoms with Gasteiger partial charge in [-0.2, -0.15) is 4.91 Å². The predicted octanol–water partition coefficient (Wildman–Crippen LogP) is 1.11. The highest BCUT2D eigenvalue weighted by Crippen LogP contribution is 2.28. The molecule has 1 aliphatic carbocycles. The van der Waals surface area contributed by atoms with Crippen LogP contribution in [0.2, 0.25) is 0 Å². The van der Waals surface area contributed by atoms with Gasteiger partial charge < -0.3 is 10.8 Å². The van der Waals surface area contributed by atoms with Gasteiger partial charge in [-0.15, -0.1) is 0 Å². The molecule has 0 aromatic carbocycles. The lowest BCUT2D eigenvalue weighted by atomic mass is 9.83. The van der Waals surface area contributed by atoms with Gasteiger partial charge >= 0.3 is 5.97 Å². The monoisotopic (exact) mass is 200 g/mol. The van der Waals surface area contributed by atoms with Crippen molar-refractivity contribution in [3.05, 3.63) is 4.91 Å². The summed E-state index contributed by atoms with van der Waals surface area (Å²) in [6, 6.07) is -0.826. The minimum absolute atomic E-state index is 0.0627. The van der Waals surface area contributed by atoms with E-state index in [1.54, 1.807) is 0 Å². The lowest BCUT2D eigenvalue weighted by molar-refractivity contribution is -0.139. The van der Waals surface area contributed by atoms with Crippen molar-refractivity contribution in [1.29, 1.82) is 0 Å². The molecule has 14 heavy (non-hydrogen) atoms. The van der Waals surface area contributed by atoms with Gasteiger partial charge in [0.2, 0.25) is 0 Å². The first-order valence-electron chi connectivity index (χ1n) is 4.94. The molecule has 0 aromatic rings. The van der Waals surface area contributed by atoms with Crippen molar-refractivity contribution in [2.24, 2.45) is 16.8 Å². The van der Waals surface area contributed by atoms with Crippen LogP contribution in [-0.4, -0.2) is 23.2 Å². The Kier molecular flexibility index (Phi) is 4.00. The fourth-order valence-corrected chi connectivity index (χ4v) is 1.95. The van der Waals surface area contributed by atoms with Crippen molar-refractivity contribution in [2.75, 3.05) is 0 Å². The maximum atomic E-state index is 10.5. The van der Waals surface area contributed by atoms with E-state index in [0.29, 0.717) is 12.3 Å². The van der Waals surface area contributed by atoms with Crippen molar-refractivity contribution in [3.8, 4) is 0 Å². The van der Waals surface area contributed by atoms with Crippen molar-refractivity contribution in [1.82, 2.24) is 0 Å². The van der Waals surface area contributed by atoms with Crippen LogP contribution in [0.25, 0.3) is 0 Å². The van der Waals surface area contributed by atoms with Gasteiger partial charge in [0, 0.05) is 0 Å². The molecule has 5 nitrogen and oxygen atoms in total. The Hall–Kier alpha value is -0.970. The first-order valence-corrected chi connectivity index (χ1v) is 4.94. The Morgan fingerprint density at radius 2 is 2.00 bits per heavy atom. The van der Waals surface area contributed by atoms with Crippen LogP contribution in [0.5, 0.6) is 0 Å². The summed E-state index contributed by atoms with van der Waals surface area (Å²) in [4.78, 5) is 20.7. The van der Waals surface area contributed by atoms with E-state index in [9.17, 15) is 9.70 Å². The Morgan fingerprint density at radius 3 is 2.43 bits per heavy atom. The average Bonchev–Trinajstić information content (AvgIpc) is 2.19. The Labute approximate surface area is 82.6 Å². The topological polar surface area (TPSA) is 92.8 Å². The van der Waals surface area contributed by atoms with Gasteiger partial charge in [-0.25, -0.2) is 0 Å². The summed E-state index contributed by atoms with van der Waals surface area (Å²) in [5.74, 6) is -0.597. The fraction of sp³-hybridized carbons (Fsp3) is 0.889. The van der Waals surface area contributed by atoms with Gasteiger partial charge in [-0.1, -0.05) is 5.18 Å². The molecule has 0 amide bonds. The van der Waals surface area contributed by atoms with Crippen molar-refractivity contribution < 1.29 is 9.90 Å². The van der Waals surface area contributed by atoms with Crippen LogP contribution in [-0.2, 0) is 4.79 Å². The molecule has 0 saturated heterocycles. The van der Waals surface area contributed by atoms with Gasteiger partial charge in [0.1, 0.15) is 6.04 Å². The van der Waals surface area contributed by atoms with E-state index in [1.807, 2.05) is 0 Å². The summed E-state index contributed by atoms with van der Waals surface area (Å²) < 4.78 is 0.